The van der Waals surface area contributed by atoms with Crippen LogP contribution >= 0.6 is 0 Å². The molecule has 0 unspecified atom stereocenters. The first-order chi connectivity index (χ1) is 11.6. The highest BCUT2D eigenvalue weighted by Gasteiger charge is 2.07. The molecule has 4 heteroatoms. The first-order valence-corrected chi connectivity index (χ1v) is 7.65. The van der Waals surface area contributed by atoms with E-state index >= 15 is 0 Å². The van der Waals surface area contributed by atoms with Gasteiger partial charge in [-0.25, -0.2) is 0 Å². The summed E-state index contributed by atoms with van der Waals surface area (Å²) in [6.07, 6.45) is 0. The zero-order valence-corrected chi connectivity index (χ0v) is 13.3. The van der Waals surface area contributed by atoms with E-state index in [0.717, 1.165) is 16.7 Å². The molecule has 0 aromatic heterocycles. The Kier molecular flexibility index (Phi) is 4.57. The highest BCUT2D eigenvalue weighted by Crippen LogP contribution is 2.23. The largest absolute Gasteiger partial charge is 0.489 e. The zero-order valence-electron chi connectivity index (χ0n) is 13.3. The minimum Gasteiger partial charge on any atom is -0.489 e. The van der Waals surface area contributed by atoms with Crippen LogP contribution in [0.15, 0.2) is 72.8 Å². The van der Waals surface area contributed by atoms with Crippen LogP contribution in [-0.4, -0.2) is 4.92 Å². The van der Waals surface area contributed by atoms with Gasteiger partial charge in [0, 0.05) is 6.07 Å². The maximum atomic E-state index is 10.8. The van der Waals surface area contributed by atoms with Crippen LogP contribution in [0.5, 0.6) is 5.75 Å². The fraction of sp³-hybridized carbons (Fsp3) is 0.100. The Labute approximate surface area is 140 Å². The van der Waals surface area contributed by atoms with Gasteiger partial charge < -0.3 is 4.74 Å². The summed E-state index contributed by atoms with van der Waals surface area (Å²) in [7, 11) is 0. The first kappa shape index (κ1) is 15.7. The van der Waals surface area contributed by atoms with Crippen LogP contribution in [-0.2, 0) is 6.61 Å². The van der Waals surface area contributed by atoms with Crippen molar-refractivity contribution in [1.82, 2.24) is 0 Å². The molecule has 0 bridgehead atoms. The maximum Gasteiger partial charge on any atom is 0.273 e. The number of nitro benzene ring substituents is 1. The molecule has 0 N–H and O–H groups in total. The van der Waals surface area contributed by atoms with Crippen LogP contribution in [0.1, 0.15) is 11.1 Å². The molecular weight excluding hydrogens is 302 g/mol. The Morgan fingerprint density at radius 2 is 1.62 bits per heavy atom. The molecule has 3 aromatic carbocycles. The van der Waals surface area contributed by atoms with E-state index in [1.54, 1.807) is 12.1 Å². The minimum atomic E-state index is -0.425. The van der Waals surface area contributed by atoms with E-state index < -0.39 is 4.92 Å². The lowest BCUT2D eigenvalue weighted by Crippen LogP contribution is -1.96. The average molecular weight is 319 g/mol. The Bertz CT molecular complexity index is 874. The van der Waals surface area contributed by atoms with Crippen molar-refractivity contribution in [3.63, 3.8) is 0 Å². The molecule has 0 aliphatic heterocycles. The van der Waals surface area contributed by atoms with Crippen LogP contribution in [0, 0.1) is 17.0 Å². The molecule has 0 spiro atoms. The second-order valence-electron chi connectivity index (χ2n) is 5.61. The van der Waals surface area contributed by atoms with Crippen LogP contribution in [0.2, 0.25) is 0 Å². The zero-order chi connectivity index (χ0) is 16.9. The summed E-state index contributed by atoms with van der Waals surface area (Å²) in [4.78, 5) is 10.4. The SMILES string of the molecule is Cc1cccc(-c2cccc(COc3cccc([N+](=O)[O-])c3)c2)c1. The van der Waals surface area contributed by atoms with Crippen molar-refractivity contribution < 1.29 is 9.66 Å². The number of rotatable bonds is 5. The van der Waals surface area contributed by atoms with Gasteiger partial charge in [0.15, 0.2) is 0 Å². The maximum absolute atomic E-state index is 10.8. The van der Waals surface area contributed by atoms with Gasteiger partial charge in [0.2, 0.25) is 0 Å². The molecule has 24 heavy (non-hydrogen) atoms. The number of ether oxygens (including phenoxy) is 1. The van der Waals surface area contributed by atoms with E-state index in [2.05, 4.69) is 37.3 Å². The summed E-state index contributed by atoms with van der Waals surface area (Å²) in [5.41, 5.74) is 4.54. The third-order valence-electron chi connectivity index (χ3n) is 3.71. The number of non-ortho nitro benzene ring substituents is 1. The van der Waals surface area contributed by atoms with Crippen LogP contribution < -0.4 is 4.74 Å². The van der Waals surface area contributed by atoms with Gasteiger partial charge in [-0.05, 0) is 35.7 Å². The molecule has 120 valence electrons. The van der Waals surface area contributed by atoms with Gasteiger partial charge in [-0.1, -0.05) is 54.1 Å². The molecular formula is C20H17NO3. The third kappa shape index (κ3) is 3.79. The monoisotopic (exact) mass is 319 g/mol. The van der Waals surface area contributed by atoms with Crippen molar-refractivity contribution in [2.75, 3.05) is 0 Å². The lowest BCUT2D eigenvalue weighted by Gasteiger charge is -2.08. The fourth-order valence-electron chi connectivity index (χ4n) is 2.52. The summed E-state index contributed by atoms with van der Waals surface area (Å²) in [6.45, 7) is 2.43. The Morgan fingerprint density at radius 1 is 0.917 bits per heavy atom. The normalized spacial score (nSPS) is 10.4. The van der Waals surface area contributed by atoms with Crippen molar-refractivity contribution in [3.8, 4) is 16.9 Å². The number of benzene rings is 3. The molecule has 0 aliphatic rings. The quantitative estimate of drug-likeness (QED) is 0.483. The number of hydrogen-bond donors (Lipinski definition) is 0. The van der Waals surface area contributed by atoms with E-state index in [1.165, 1.54) is 17.7 Å². The van der Waals surface area contributed by atoms with Gasteiger partial charge in [0.05, 0.1) is 11.0 Å². The molecule has 4 nitrogen and oxygen atoms in total. The fourth-order valence-corrected chi connectivity index (χ4v) is 2.52. The smallest absolute Gasteiger partial charge is 0.273 e. The van der Waals surface area contributed by atoms with Crippen molar-refractivity contribution in [2.45, 2.75) is 13.5 Å². The average Bonchev–Trinajstić information content (AvgIpc) is 2.60. The van der Waals surface area contributed by atoms with Crippen LogP contribution in [0.4, 0.5) is 5.69 Å². The summed E-state index contributed by atoms with van der Waals surface area (Å²) in [6, 6.07) is 22.7. The second kappa shape index (κ2) is 6.96. The number of hydrogen-bond acceptors (Lipinski definition) is 3. The standard InChI is InChI=1S/C20H17NO3/c1-15-5-2-7-17(11-15)18-8-3-6-16(12-18)14-24-20-10-4-9-19(13-20)21(22)23/h2-13H,14H2,1H3. The van der Waals surface area contributed by atoms with Crippen molar-refractivity contribution in [2.24, 2.45) is 0 Å². The molecule has 3 rings (SSSR count). The predicted molar refractivity (Wildman–Crippen MR) is 94.0 cm³/mol. The second-order valence-corrected chi connectivity index (χ2v) is 5.61. The van der Waals surface area contributed by atoms with Crippen LogP contribution in [0.25, 0.3) is 11.1 Å². The molecule has 3 aromatic rings. The summed E-state index contributed by atoms with van der Waals surface area (Å²) in [5.74, 6) is 0.491. The van der Waals surface area contributed by atoms with Gasteiger partial charge in [0.1, 0.15) is 12.4 Å². The molecule has 0 fully saturated rings. The van der Waals surface area contributed by atoms with Crippen LogP contribution in [0.3, 0.4) is 0 Å². The molecule has 0 heterocycles. The van der Waals surface area contributed by atoms with E-state index in [4.69, 9.17) is 4.74 Å². The lowest BCUT2D eigenvalue weighted by atomic mass is 10.0. The summed E-state index contributed by atoms with van der Waals surface area (Å²) >= 11 is 0. The molecule has 0 saturated carbocycles. The summed E-state index contributed by atoms with van der Waals surface area (Å²) < 4.78 is 5.69. The molecule has 0 aliphatic carbocycles. The highest BCUT2D eigenvalue weighted by molar-refractivity contribution is 5.64. The van der Waals surface area contributed by atoms with Gasteiger partial charge in [0.25, 0.3) is 5.69 Å². The third-order valence-corrected chi connectivity index (χ3v) is 3.71. The van der Waals surface area contributed by atoms with E-state index in [-0.39, 0.29) is 5.69 Å². The van der Waals surface area contributed by atoms with Gasteiger partial charge in [-0.15, -0.1) is 0 Å². The Morgan fingerprint density at radius 3 is 2.38 bits per heavy atom. The highest BCUT2D eigenvalue weighted by atomic mass is 16.6. The minimum absolute atomic E-state index is 0.0287. The van der Waals surface area contributed by atoms with Gasteiger partial charge >= 0.3 is 0 Å². The molecule has 0 radical (unpaired) electrons. The van der Waals surface area contributed by atoms with E-state index in [1.807, 2.05) is 18.2 Å². The topological polar surface area (TPSA) is 52.4 Å². The van der Waals surface area contributed by atoms with Gasteiger partial charge in [-0.3, -0.25) is 10.1 Å². The number of nitro groups is 1. The van der Waals surface area contributed by atoms with Gasteiger partial charge in [-0.2, -0.15) is 0 Å². The number of aryl methyl sites for hydroxylation is 1. The first-order valence-electron chi connectivity index (χ1n) is 7.65. The van der Waals surface area contributed by atoms with Crippen molar-refractivity contribution in [1.29, 1.82) is 0 Å². The lowest BCUT2D eigenvalue weighted by molar-refractivity contribution is -0.384. The molecule has 0 amide bonds. The molecule has 0 atom stereocenters. The van der Waals surface area contributed by atoms with Crippen molar-refractivity contribution in [3.05, 3.63) is 94.0 Å². The Balaban J connectivity index is 1.76. The summed E-state index contributed by atoms with van der Waals surface area (Å²) in [5, 5.41) is 10.8. The van der Waals surface area contributed by atoms with E-state index in [9.17, 15) is 10.1 Å². The predicted octanol–water partition coefficient (Wildman–Crippen LogP) is 5.15. The van der Waals surface area contributed by atoms with E-state index in [0.29, 0.717) is 12.4 Å². The molecule has 0 saturated heterocycles. The number of nitrogens with zero attached hydrogens (tertiary/aromatic N) is 1. The van der Waals surface area contributed by atoms with Crippen molar-refractivity contribution >= 4 is 5.69 Å². The Hall–Kier alpha value is -3.14.